The molecular formula is C26H41FN6O8. The van der Waals surface area contributed by atoms with Crippen LogP contribution in [0.5, 0.6) is 0 Å². The molecule has 230 valence electrons. The summed E-state index contributed by atoms with van der Waals surface area (Å²) in [5, 5.41) is 35.0. The number of halogens is 1. The van der Waals surface area contributed by atoms with Crippen molar-refractivity contribution in [2.75, 3.05) is 81.9 Å². The Morgan fingerprint density at radius 1 is 1.20 bits per heavy atom. The molecule has 0 saturated carbocycles. The normalized spacial score (nSPS) is 29.1. The van der Waals surface area contributed by atoms with Crippen molar-refractivity contribution in [3.63, 3.8) is 0 Å². The first-order valence-corrected chi connectivity index (χ1v) is 13.9. The van der Waals surface area contributed by atoms with Gasteiger partial charge in [-0.2, -0.15) is 0 Å². The molecule has 4 rings (SSSR count). The Morgan fingerprint density at radius 2 is 1.95 bits per heavy atom. The number of nitrogens with zero attached hydrogens (tertiary/aromatic N) is 3. The Hall–Kier alpha value is -2.63. The van der Waals surface area contributed by atoms with Crippen LogP contribution in [-0.4, -0.2) is 141 Å². The van der Waals surface area contributed by atoms with E-state index >= 15 is 4.39 Å². The number of carbonyl (C=O) groups is 2. The van der Waals surface area contributed by atoms with Crippen molar-refractivity contribution in [3.8, 4) is 0 Å². The third-order valence-electron chi connectivity index (χ3n) is 7.50. The Labute approximate surface area is 238 Å². The van der Waals surface area contributed by atoms with Gasteiger partial charge in [-0.15, -0.1) is 0 Å². The average molecular weight is 585 g/mol. The van der Waals surface area contributed by atoms with E-state index in [0.29, 0.717) is 37.6 Å². The lowest BCUT2D eigenvalue weighted by molar-refractivity contribution is -0.265. The highest BCUT2D eigenvalue weighted by Crippen LogP contribution is 2.28. The molecule has 7 N–H and O–H groups in total. The van der Waals surface area contributed by atoms with Gasteiger partial charge < -0.3 is 50.8 Å². The molecule has 0 radical (unpaired) electrons. The first-order valence-electron chi connectivity index (χ1n) is 13.9. The lowest BCUT2D eigenvalue weighted by Crippen LogP contribution is -2.62. The van der Waals surface area contributed by atoms with E-state index < -0.39 is 55.3 Å². The van der Waals surface area contributed by atoms with Crippen LogP contribution in [0.15, 0.2) is 18.2 Å². The number of amides is 2. The fourth-order valence-electron chi connectivity index (χ4n) is 5.09. The van der Waals surface area contributed by atoms with Crippen molar-refractivity contribution in [1.29, 1.82) is 0 Å². The number of benzene rings is 1. The Balaban J connectivity index is 1.14. The number of hydrogen-bond acceptors (Lipinski definition) is 12. The van der Waals surface area contributed by atoms with E-state index in [0.717, 1.165) is 19.6 Å². The number of hydrogen-bond donors (Lipinski definition) is 6. The van der Waals surface area contributed by atoms with E-state index in [1.807, 2.05) is 4.90 Å². The van der Waals surface area contributed by atoms with E-state index in [-0.39, 0.29) is 25.6 Å². The lowest BCUT2D eigenvalue weighted by atomic mass is 9.98. The van der Waals surface area contributed by atoms with Crippen molar-refractivity contribution < 1.29 is 43.5 Å². The predicted molar refractivity (Wildman–Crippen MR) is 146 cm³/mol. The van der Waals surface area contributed by atoms with Gasteiger partial charge in [0, 0.05) is 52.7 Å². The molecule has 41 heavy (non-hydrogen) atoms. The van der Waals surface area contributed by atoms with Gasteiger partial charge in [0.2, 0.25) is 5.91 Å². The smallest absolute Gasteiger partial charge is 0.414 e. The van der Waals surface area contributed by atoms with Crippen molar-refractivity contribution in [3.05, 3.63) is 24.0 Å². The lowest BCUT2D eigenvalue weighted by Gasteiger charge is -2.40. The molecule has 1 aromatic rings. The summed E-state index contributed by atoms with van der Waals surface area (Å²) in [5.74, 6) is -0.625. The topological polar surface area (TPSA) is 182 Å². The number of aliphatic hydroxyl groups is 3. The maximum absolute atomic E-state index is 15.1. The largest absolute Gasteiger partial charge is 0.442 e. The summed E-state index contributed by atoms with van der Waals surface area (Å²) in [6.45, 7) is 6.49. The Bertz CT molecular complexity index is 1030. The van der Waals surface area contributed by atoms with E-state index in [4.69, 9.17) is 19.9 Å². The van der Waals surface area contributed by atoms with Gasteiger partial charge in [0.25, 0.3) is 0 Å². The predicted octanol–water partition coefficient (Wildman–Crippen LogP) is -2.22. The molecule has 0 bridgehead atoms. The number of aliphatic hydroxyl groups excluding tert-OH is 3. The van der Waals surface area contributed by atoms with Crippen LogP contribution in [0.3, 0.4) is 0 Å². The number of carbonyl (C=O) groups excluding carboxylic acids is 2. The SMILES string of the molecule is CC(=O)NC[C@H]1CN(c2ccc(N3CCN(CCNCCOC4OC(CO)C(O)C(O)C4N)CC3)c(F)c2)C(=O)O1. The molecule has 3 saturated heterocycles. The molecule has 3 heterocycles. The minimum absolute atomic E-state index is 0.207. The monoisotopic (exact) mass is 584 g/mol. The van der Waals surface area contributed by atoms with Gasteiger partial charge in [-0.25, -0.2) is 9.18 Å². The Kier molecular flexibility index (Phi) is 11.1. The molecule has 14 nitrogen and oxygen atoms in total. The highest BCUT2D eigenvalue weighted by Gasteiger charge is 2.43. The van der Waals surface area contributed by atoms with Crippen LogP contribution in [0.2, 0.25) is 0 Å². The summed E-state index contributed by atoms with van der Waals surface area (Å²) >= 11 is 0. The van der Waals surface area contributed by atoms with Crippen LogP contribution in [0, 0.1) is 5.82 Å². The molecule has 1 aromatic carbocycles. The molecule has 0 aliphatic carbocycles. The first-order chi connectivity index (χ1) is 19.7. The summed E-state index contributed by atoms with van der Waals surface area (Å²) in [4.78, 5) is 29.0. The average Bonchev–Trinajstić information content (AvgIpc) is 3.34. The van der Waals surface area contributed by atoms with Crippen molar-refractivity contribution in [2.45, 2.75) is 43.7 Å². The third-order valence-corrected chi connectivity index (χ3v) is 7.50. The van der Waals surface area contributed by atoms with E-state index in [9.17, 15) is 24.9 Å². The second kappa shape index (κ2) is 14.5. The molecule has 3 aliphatic rings. The van der Waals surface area contributed by atoms with Crippen LogP contribution in [0.1, 0.15) is 6.92 Å². The Morgan fingerprint density at radius 3 is 2.63 bits per heavy atom. The number of ether oxygens (including phenoxy) is 3. The maximum atomic E-state index is 15.1. The van der Waals surface area contributed by atoms with Crippen molar-refractivity contribution in [1.82, 2.24) is 15.5 Å². The zero-order valence-corrected chi connectivity index (χ0v) is 23.2. The number of piperazine rings is 1. The first kappa shape index (κ1) is 31.3. The number of nitrogens with one attached hydrogen (secondary N) is 2. The standard InChI is InChI=1S/C26H41FN6O8/c1-16(35)30-13-18-14-33(26(38)40-18)17-2-3-20(19(27)12-17)32-9-7-31(8-10-32)6-4-29-5-11-39-25-22(28)24(37)23(36)21(15-34)41-25/h2-3,12,18,21-25,29,34,36-37H,4-11,13-15,28H2,1H3,(H,30,35)/t18-,21?,22?,23?,24?,25?/m0/s1. The highest BCUT2D eigenvalue weighted by atomic mass is 19.1. The quantitative estimate of drug-likeness (QED) is 0.146. The molecular weight excluding hydrogens is 543 g/mol. The maximum Gasteiger partial charge on any atom is 0.414 e. The van der Waals surface area contributed by atoms with Crippen molar-refractivity contribution >= 4 is 23.4 Å². The fourth-order valence-corrected chi connectivity index (χ4v) is 5.09. The van der Waals surface area contributed by atoms with Crippen LogP contribution >= 0.6 is 0 Å². The summed E-state index contributed by atoms with van der Waals surface area (Å²) in [6, 6.07) is 3.81. The number of anilines is 2. The van der Waals surface area contributed by atoms with Crippen LogP contribution in [-0.2, 0) is 19.0 Å². The summed E-state index contributed by atoms with van der Waals surface area (Å²) in [5.41, 5.74) is 6.76. The molecule has 2 amide bonds. The van der Waals surface area contributed by atoms with Gasteiger partial charge in [-0.1, -0.05) is 0 Å². The molecule has 15 heteroatoms. The highest BCUT2D eigenvalue weighted by molar-refractivity contribution is 5.90. The van der Waals surface area contributed by atoms with E-state index in [1.54, 1.807) is 12.1 Å². The number of rotatable bonds is 12. The van der Waals surface area contributed by atoms with Crippen LogP contribution in [0.25, 0.3) is 0 Å². The summed E-state index contributed by atoms with van der Waals surface area (Å²) in [6.07, 6.45) is -5.45. The van der Waals surface area contributed by atoms with Gasteiger partial charge in [0.05, 0.1) is 43.7 Å². The number of nitrogens with two attached hydrogens (primary N) is 1. The second-order valence-corrected chi connectivity index (χ2v) is 10.4. The summed E-state index contributed by atoms with van der Waals surface area (Å²) < 4.78 is 31.3. The van der Waals surface area contributed by atoms with E-state index in [2.05, 4.69) is 15.5 Å². The zero-order valence-electron chi connectivity index (χ0n) is 23.2. The zero-order chi connectivity index (χ0) is 29.5. The fraction of sp³-hybridized carbons (Fsp3) is 0.692. The minimum Gasteiger partial charge on any atom is -0.442 e. The molecule has 6 atom stereocenters. The summed E-state index contributed by atoms with van der Waals surface area (Å²) in [7, 11) is 0. The number of cyclic esters (lactones) is 1. The molecule has 0 aromatic heterocycles. The van der Waals surface area contributed by atoms with Gasteiger partial charge in [0.1, 0.15) is 30.2 Å². The molecule has 5 unspecified atom stereocenters. The minimum atomic E-state index is -1.27. The van der Waals surface area contributed by atoms with Crippen molar-refractivity contribution in [2.24, 2.45) is 5.73 Å². The third kappa shape index (κ3) is 8.02. The van der Waals surface area contributed by atoms with Crippen LogP contribution < -0.4 is 26.2 Å². The van der Waals surface area contributed by atoms with Gasteiger partial charge >= 0.3 is 6.09 Å². The molecule has 0 spiro atoms. The second-order valence-electron chi connectivity index (χ2n) is 10.4. The molecule has 3 aliphatic heterocycles. The van der Waals surface area contributed by atoms with Gasteiger partial charge in [0.15, 0.2) is 6.29 Å². The molecule has 3 fully saturated rings. The van der Waals surface area contributed by atoms with Gasteiger partial charge in [-0.05, 0) is 18.2 Å². The van der Waals surface area contributed by atoms with E-state index in [1.165, 1.54) is 17.9 Å². The van der Waals surface area contributed by atoms with Gasteiger partial charge in [-0.3, -0.25) is 14.6 Å². The van der Waals surface area contributed by atoms with Crippen LogP contribution in [0.4, 0.5) is 20.6 Å².